The fourth-order valence-electron chi connectivity index (χ4n) is 2.46. The third-order valence-electron chi connectivity index (χ3n) is 3.68. The molecule has 0 amide bonds. The Kier molecular flexibility index (Phi) is 4.22. The van der Waals surface area contributed by atoms with Crippen molar-refractivity contribution in [3.05, 3.63) is 35.4 Å². The highest BCUT2D eigenvalue weighted by Gasteiger charge is 2.34. The number of hydrogen-bond acceptors (Lipinski definition) is 1. The molecule has 1 N–H and O–H groups in total. The van der Waals surface area contributed by atoms with Gasteiger partial charge in [-0.1, -0.05) is 51.5 Å². The van der Waals surface area contributed by atoms with E-state index in [1.807, 2.05) is 0 Å². The van der Waals surface area contributed by atoms with Crippen LogP contribution in [0.3, 0.4) is 0 Å². The van der Waals surface area contributed by atoms with E-state index in [-0.39, 0.29) is 0 Å². The molecular formula is C16H25N. The number of benzene rings is 1. The third kappa shape index (κ3) is 3.85. The highest BCUT2D eigenvalue weighted by Crippen LogP contribution is 2.33. The minimum Gasteiger partial charge on any atom is -0.310 e. The van der Waals surface area contributed by atoms with Crippen molar-refractivity contribution >= 4 is 0 Å². The maximum Gasteiger partial charge on any atom is 0.0208 e. The summed E-state index contributed by atoms with van der Waals surface area (Å²) in [7, 11) is 0. The molecule has 0 spiro atoms. The summed E-state index contributed by atoms with van der Waals surface area (Å²) >= 11 is 0. The zero-order chi connectivity index (χ0) is 12.3. The molecule has 1 nitrogen and oxygen atoms in total. The van der Waals surface area contributed by atoms with Gasteiger partial charge in [-0.15, -0.1) is 0 Å². The topological polar surface area (TPSA) is 12.0 Å². The molecule has 1 saturated carbocycles. The van der Waals surface area contributed by atoms with Gasteiger partial charge in [0.2, 0.25) is 0 Å². The Hall–Kier alpha value is -0.820. The standard InChI is InChI=1S/C16H25N/c1-4-15-10-16(15)17-11-14-7-5-13(6-8-14)9-12(2)3/h5-8,12,15-17H,4,9-11H2,1-3H3. The number of nitrogens with one attached hydrogen (secondary N) is 1. The Bertz CT molecular complexity index is 339. The molecule has 0 heterocycles. The van der Waals surface area contributed by atoms with Gasteiger partial charge in [0.15, 0.2) is 0 Å². The summed E-state index contributed by atoms with van der Waals surface area (Å²) in [6, 6.07) is 9.89. The lowest BCUT2D eigenvalue weighted by Crippen LogP contribution is -2.17. The van der Waals surface area contributed by atoms with Gasteiger partial charge in [0, 0.05) is 12.6 Å². The fourth-order valence-corrected chi connectivity index (χ4v) is 2.46. The van der Waals surface area contributed by atoms with Crippen LogP contribution in [0.25, 0.3) is 0 Å². The molecule has 94 valence electrons. The van der Waals surface area contributed by atoms with E-state index in [9.17, 15) is 0 Å². The Balaban J connectivity index is 1.78. The van der Waals surface area contributed by atoms with Crippen molar-refractivity contribution in [2.45, 2.75) is 52.6 Å². The van der Waals surface area contributed by atoms with E-state index in [0.717, 1.165) is 24.4 Å². The molecule has 1 aromatic rings. The van der Waals surface area contributed by atoms with Crippen LogP contribution in [0.1, 0.15) is 44.7 Å². The van der Waals surface area contributed by atoms with Crippen LogP contribution in [0.2, 0.25) is 0 Å². The lowest BCUT2D eigenvalue weighted by Gasteiger charge is -2.07. The Morgan fingerprint density at radius 1 is 1.18 bits per heavy atom. The van der Waals surface area contributed by atoms with E-state index in [1.165, 1.54) is 30.4 Å². The van der Waals surface area contributed by atoms with E-state index in [2.05, 4.69) is 50.4 Å². The minimum atomic E-state index is 0.746. The summed E-state index contributed by atoms with van der Waals surface area (Å²) in [4.78, 5) is 0. The second kappa shape index (κ2) is 5.68. The van der Waals surface area contributed by atoms with Crippen molar-refractivity contribution < 1.29 is 0 Å². The van der Waals surface area contributed by atoms with Crippen molar-refractivity contribution in [1.29, 1.82) is 0 Å². The summed E-state index contributed by atoms with van der Waals surface area (Å²) in [6.45, 7) is 7.86. The zero-order valence-corrected chi connectivity index (χ0v) is 11.4. The molecule has 2 atom stereocenters. The first kappa shape index (κ1) is 12.6. The van der Waals surface area contributed by atoms with Crippen LogP contribution in [0, 0.1) is 11.8 Å². The predicted molar refractivity (Wildman–Crippen MR) is 74.0 cm³/mol. The van der Waals surface area contributed by atoms with E-state index < -0.39 is 0 Å². The van der Waals surface area contributed by atoms with Crippen LogP contribution >= 0.6 is 0 Å². The quantitative estimate of drug-likeness (QED) is 0.786. The largest absolute Gasteiger partial charge is 0.310 e. The molecule has 1 fully saturated rings. The van der Waals surface area contributed by atoms with Gasteiger partial charge in [0.05, 0.1) is 0 Å². The van der Waals surface area contributed by atoms with Gasteiger partial charge in [-0.2, -0.15) is 0 Å². The van der Waals surface area contributed by atoms with Gasteiger partial charge in [-0.05, 0) is 35.8 Å². The first-order valence-corrected chi connectivity index (χ1v) is 7.00. The van der Waals surface area contributed by atoms with Crippen LogP contribution in [0.15, 0.2) is 24.3 Å². The SMILES string of the molecule is CCC1CC1NCc1ccc(CC(C)C)cc1. The highest BCUT2D eigenvalue weighted by atomic mass is 15.0. The van der Waals surface area contributed by atoms with Gasteiger partial charge < -0.3 is 5.32 Å². The molecule has 1 heteroatoms. The molecule has 2 unspecified atom stereocenters. The van der Waals surface area contributed by atoms with Crippen molar-refractivity contribution in [2.24, 2.45) is 11.8 Å². The lowest BCUT2D eigenvalue weighted by molar-refractivity contribution is 0.622. The molecule has 0 bridgehead atoms. The maximum atomic E-state index is 3.63. The summed E-state index contributed by atoms with van der Waals surface area (Å²) in [6.07, 6.45) is 3.89. The summed E-state index contributed by atoms with van der Waals surface area (Å²) in [5.41, 5.74) is 2.88. The van der Waals surface area contributed by atoms with Crippen LogP contribution < -0.4 is 5.32 Å². The van der Waals surface area contributed by atoms with Gasteiger partial charge >= 0.3 is 0 Å². The van der Waals surface area contributed by atoms with Gasteiger partial charge in [0.25, 0.3) is 0 Å². The van der Waals surface area contributed by atoms with E-state index in [0.29, 0.717) is 0 Å². The van der Waals surface area contributed by atoms with Crippen LogP contribution in [0.5, 0.6) is 0 Å². The number of hydrogen-bond donors (Lipinski definition) is 1. The van der Waals surface area contributed by atoms with Crippen molar-refractivity contribution in [2.75, 3.05) is 0 Å². The maximum absolute atomic E-state index is 3.63. The molecule has 0 radical (unpaired) electrons. The summed E-state index contributed by atoms with van der Waals surface area (Å²) in [5, 5.41) is 3.63. The molecule has 2 rings (SSSR count). The Morgan fingerprint density at radius 2 is 1.82 bits per heavy atom. The van der Waals surface area contributed by atoms with Gasteiger partial charge in [0.1, 0.15) is 0 Å². The molecule has 1 aliphatic carbocycles. The zero-order valence-electron chi connectivity index (χ0n) is 11.4. The van der Waals surface area contributed by atoms with Crippen molar-refractivity contribution in [1.82, 2.24) is 5.32 Å². The Morgan fingerprint density at radius 3 is 2.35 bits per heavy atom. The molecule has 0 aromatic heterocycles. The molecule has 1 aromatic carbocycles. The molecule has 0 aliphatic heterocycles. The van der Waals surface area contributed by atoms with Crippen molar-refractivity contribution in [3.63, 3.8) is 0 Å². The molecule has 1 aliphatic rings. The monoisotopic (exact) mass is 231 g/mol. The van der Waals surface area contributed by atoms with Crippen molar-refractivity contribution in [3.8, 4) is 0 Å². The van der Waals surface area contributed by atoms with Crippen LogP contribution in [-0.2, 0) is 13.0 Å². The average Bonchev–Trinajstić information content (AvgIpc) is 3.06. The van der Waals surface area contributed by atoms with Gasteiger partial charge in [-0.3, -0.25) is 0 Å². The minimum absolute atomic E-state index is 0.746. The third-order valence-corrected chi connectivity index (χ3v) is 3.68. The fraction of sp³-hybridized carbons (Fsp3) is 0.625. The second-order valence-corrected chi connectivity index (χ2v) is 5.81. The Labute approximate surface area is 106 Å². The highest BCUT2D eigenvalue weighted by molar-refractivity contribution is 5.23. The second-order valence-electron chi connectivity index (χ2n) is 5.81. The van der Waals surface area contributed by atoms with Gasteiger partial charge in [-0.25, -0.2) is 0 Å². The van der Waals surface area contributed by atoms with Crippen LogP contribution in [0.4, 0.5) is 0 Å². The normalized spacial score (nSPS) is 23.1. The predicted octanol–water partition coefficient (Wildman–Crippen LogP) is 3.77. The summed E-state index contributed by atoms with van der Waals surface area (Å²) < 4.78 is 0. The summed E-state index contributed by atoms with van der Waals surface area (Å²) in [5.74, 6) is 1.69. The van der Waals surface area contributed by atoms with E-state index >= 15 is 0 Å². The first-order valence-electron chi connectivity index (χ1n) is 7.00. The molecule has 0 saturated heterocycles. The number of rotatable bonds is 6. The van der Waals surface area contributed by atoms with E-state index in [1.54, 1.807) is 0 Å². The molecule has 17 heavy (non-hydrogen) atoms. The smallest absolute Gasteiger partial charge is 0.0208 e. The van der Waals surface area contributed by atoms with E-state index in [4.69, 9.17) is 0 Å². The molecular weight excluding hydrogens is 206 g/mol. The average molecular weight is 231 g/mol. The lowest BCUT2D eigenvalue weighted by atomic mass is 10.0. The first-order chi connectivity index (χ1) is 8.19. The van der Waals surface area contributed by atoms with Crippen LogP contribution in [-0.4, -0.2) is 6.04 Å².